The van der Waals surface area contributed by atoms with E-state index in [0.717, 1.165) is 64.7 Å². The van der Waals surface area contributed by atoms with Crippen molar-refractivity contribution in [3.05, 3.63) is 112 Å². The van der Waals surface area contributed by atoms with Crippen molar-refractivity contribution < 1.29 is 40.9 Å². The number of carboxylic acid groups (broad SMARTS) is 1. The average molecular weight is 776 g/mol. The van der Waals surface area contributed by atoms with E-state index in [1.807, 2.05) is 74.1 Å². The molecule has 1 saturated carbocycles. The van der Waals surface area contributed by atoms with Crippen molar-refractivity contribution in [1.82, 2.24) is 4.98 Å². The lowest BCUT2D eigenvalue weighted by atomic mass is 9.90. The van der Waals surface area contributed by atoms with Crippen LogP contribution in [0.2, 0.25) is 5.02 Å². The first-order valence-electron chi connectivity index (χ1n) is 16.2. The molecule has 10 nitrogen and oxygen atoms in total. The van der Waals surface area contributed by atoms with Gasteiger partial charge in [0.25, 0.3) is 20.2 Å². The summed E-state index contributed by atoms with van der Waals surface area (Å²) in [5, 5.41) is 22.1. The van der Waals surface area contributed by atoms with Gasteiger partial charge in [0.05, 0.1) is 34.7 Å². The number of thioether (sulfide) groups is 1. The average Bonchev–Trinajstić information content (AvgIpc) is 3.80. The van der Waals surface area contributed by atoms with Crippen molar-refractivity contribution >= 4 is 72.6 Å². The van der Waals surface area contributed by atoms with Gasteiger partial charge in [-0.15, -0.1) is 0 Å². The van der Waals surface area contributed by atoms with Crippen LogP contribution in [0.4, 0.5) is 0 Å². The van der Waals surface area contributed by atoms with Crippen LogP contribution in [0.15, 0.2) is 78.9 Å². The number of aliphatic carboxylic acids is 1. The van der Waals surface area contributed by atoms with Gasteiger partial charge in [0, 0.05) is 21.4 Å². The highest BCUT2D eigenvalue weighted by Crippen LogP contribution is 2.53. The van der Waals surface area contributed by atoms with E-state index < -0.39 is 43.3 Å². The van der Waals surface area contributed by atoms with Gasteiger partial charge in [-0.3, -0.25) is 13.9 Å². The van der Waals surface area contributed by atoms with Gasteiger partial charge in [0.15, 0.2) is 0 Å². The minimum absolute atomic E-state index is 0.0814. The fraction of sp³-hybridized carbons (Fsp3) is 0.351. The van der Waals surface area contributed by atoms with Crippen LogP contribution < -0.4 is 0 Å². The van der Waals surface area contributed by atoms with E-state index in [4.69, 9.17) is 25.7 Å². The molecular weight excluding hydrogens is 734 g/mol. The molecule has 0 unspecified atom stereocenters. The molecule has 1 aliphatic rings. The molecule has 274 valence electrons. The second-order valence-corrected chi connectivity index (χ2v) is 18.0. The molecule has 4 N–H and O–H groups in total. The molecule has 0 spiro atoms. The third kappa shape index (κ3) is 13.6. The van der Waals surface area contributed by atoms with Crippen molar-refractivity contribution in [2.45, 2.75) is 56.8 Å². The fourth-order valence-corrected chi connectivity index (χ4v) is 8.99. The molecule has 1 fully saturated rings. The van der Waals surface area contributed by atoms with Gasteiger partial charge in [0.1, 0.15) is 0 Å². The Bertz CT molecular complexity index is 2060. The SMILES string of the molecule is CC(C)(O)c1ccccc1CC[C@@H](SCC1(CC(=O)O)CC1)c1cccc(C=Cc2ccc3ccc(Cl)cc3n2)c1.O=S(=O)(O)CCS(=O)(=O)O. The maximum absolute atomic E-state index is 11.5. The number of aryl methyl sites for hydroxylation is 1. The van der Waals surface area contributed by atoms with Crippen molar-refractivity contribution in [1.29, 1.82) is 0 Å². The lowest BCUT2D eigenvalue weighted by molar-refractivity contribution is -0.138. The summed E-state index contributed by atoms with van der Waals surface area (Å²) in [6, 6.07) is 26.5. The second kappa shape index (κ2) is 17.0. The van der Waals surface area contributed by atoms with Crippen LogP contribution in [0.25, 0.3) is 23.1 Å². The summed E-state index contributed by atoms with van der Waals surface area (Å²) in [5.74, 6) is -1.84. The summed E-state index contributed by atoms with van der Waals surface area (Å²) in [4.78, 5) is 16.2. The maximum Gasteiger partial charge on any atom is 0.303 e. The van der Waals surface area contributed by atoms with Crippen molar-refractivity contribution in [2.75, 3.05) is 17.3 Å². The van der Waals surface area contributed by atoms with Crippen LogP contribution in [0.5, 0.6) is 0 Å². The van der Waals surface area contributed by atoms with E-state index in [2.05, 4.69) is 42.5 Å². The molecule has 1 atom stereocenters. The number of carboxylic acids is 1. The molecule has 1 aromatic heterocycles. The molecule has 0 radical (unpaired) electrons. The third-order valence-electron chi connectivity index (χ3n) is 8.43. The molecule has 1 heterocycles. The molecule has 51 heavy (non-hydrogen) atoms. The summed E-state index contributed by atoms with van der Waals surface area (Å²) in [6.07, 6.45) is 8.02. The number of aliphatic hydroxyl groups is 1. The molecule has 5 rings (SSSR count). The molecule has 0 bridgehead atoms. The smallest absolute Gasteiger partial charge is 0.303 e. The normalized spacial score (nSPS) is 14.9. The van der Waals surface area contributed by atoms with Gasteiger partial charge in [0.2, 0.25) is 0 Å². The summed E-state index contributed by atoms with van der Waals surface area (Å²) in [6.45, 7) is 3.66. The first kappa shape index (κ1) is 40.5. The maximum atomic E-state index is 11.5. The molecule has 0 amide bonds. The van der Waals surface area contributed by atoms with Gasteiger partial charge in [-0.1, -0.05) is 78.3 Å². The largest absolute Gasteiger partial charge is 0.481 e. The van der Waals surface area contributed by atoms with Crippen LogP contribution in [0.3, 0.4) is 0 Å². The Morgan fingerprint density at radius 2 is 1.61 bits per heavy atom. The molecule has 1 aliphatic carbocycles. The molecule has 3 aromatic carbocycles. The summed E-state index contributed by atoms with van der Waals surface area (Å²) < 4.78 is 55.4. The Labute approximate surface area is 308 Å². The first-order chi connectivity index (χ1) is 23.8. The number of pyridine rings is 1. The number of rotatable bonds is 15. The minimum atomic E-state index is -4.30. The highest BCUT2D eigenvalue weighted by Gasteiger charge is 2.44. The number of benzene rings is 3. The molecular formula is C37H42ClNO9S3. The van der Waals surface area contributed by atoms with Crippen LogP contribution in [-0.4, -0.2) is 64.4 Å². The Balaban J connectivity index is 0.000000510. The van der Waals surface area contributed by atoms with Gasteiger partial charge < -0.3 is 10.2 Å². The first-order valence-corrected chi connectivity index (χ1v) is 20.8. The summed E-state index contributed by atoms with van der Waals surface area (Å²) in [7, 11) is -8.59. The standard InChI is InChI=1S/C35H36ClNO3S.C2H6O6S2/c1-34(2,40)30-9-4-3-7-25(30)13-17-32(41-23-35(18-19-35)22-33(38)39)27-8-5-6-24(20-27)10-15-29-16-12-26-11-14-28(36)21-31(26)37-29;3-9(4,5)1-2-10(6,7)8/h3-12,14-16,20-21,32,40H,13,17-19,22-23H2,1-2H3,(H,38,39);1-2H2,(H,3,4,5)(H,6,7,8)/t32-;/m1./s1. The quantitative estimate of drug-likeness (QED) is 0.0869. The number of carbonyl (C=O) groups is 1. The zero-order valence-corrected chi connectivity index (χ0v) is 31.5. The Hall–Kier alpha value is -3.30. The fourth-order valence-electron chi connectivity index (χ4n) is 5.57. The van der Waals surface area contributed by atoms with Gasteiger partial charge in [-0.25, -0.2) is 4.98 Å². The van der Waals surface area contributed by atoms with Crippen LogP contribution in [0.1, 0.15) is 72.7 Å². The zero-order valence-electron chi connectivity index (χ0n) is 28.3. The topological polar surface area (TPSA) is 179 Å². The predicted molar refractivity (Wildman–Crippen MR) is 204 cm³/mol. The van der Waals surface area contributed by atoms with E-state index in [1.54, 1.807) is 0 Å². The molecule has 0 saturated heterocycles. The predicted octanol–water partition coefficient (Wildman–Crippen LogP) is 7.71. The van der Waals surface area contributed by atoms with E-state index in [0.29, 0.717) is 5.02 Å². The van der Waals surface area contributed by atoms with Crippen LogP contribution >= 0.6 is 23.4 Å². The summed E-state index contributed by atoms with van der Waals surface area (Å²) >= 11 is 8.04. The van der Waals surface area contributed by atoms with E-state index in [9.17, 15) is 31.8 Å². The van der Waals surface area contributed by atoms with Gasteiger partial charge >= 0.3 is 5.97 Å². The van der Waals surface area contributed by atoms with E-state index in [-0.39, 0.29) is 17.1 Å². The minimum Gasteiger partial charge on any atom is -0.481 e. The van der Waals surface area contributed by atoms with Crippen molar-refractivity contribution in [2.24, 2.45) is 5.41 Å². The van der Waals surface area contributed by atoms with Crippen molar-refractivity contribution in [3.8, 4) is 0 Å². The number of halogens is 1. The number of hydrogen-bond acceptors (Lipinski definition) is 8. The van der Waals surface area contributed by atoms with E-state index in [1.165, 1.54) is 5.56 Å². The second-order valence-electron chi connectivity index (χ2n) is 13.3. The zero-order chi connectivity index (χ0) is 37.5. The van der Waals surface area contributed by atoms with Gasteiger partial charge in [-0.05, 0) is 91.5 Å². The van der Waals surface area contributed by atoms with Crippen LogP contribution in [-0.2, 0) is 37.1 Å². The molecule has 0 aliphatic heterocycles. The number of aromatic nitrogens is 1. The number of hydrogen-bond donors (Lipinski definition) is 4. The molecule has 14 heteroatoms. The third-order valence-corrected chi connectivity index (χ3v) is 12.1. The summed E-state index contributed by atoms with van der Waals surface area (Å²) in [5.41, 5.74) is 5.15. The number of nitrogens with zero attached hydrogens (tertiary/aromatic N) is 1. The monoisotopic (exact) mass is 775 g/mol. The molecule has 4 aromatic rings. The number of fused-ring (bicyclic) bond motifs is 1. The highest BCUT2D eigenvalue weighted by atomic mass is 35.5. The Morgan fingerprint density at radius 3 is 2.24 bits per heavy atom. The van der Waals surface area contributed by atoms with Crippen LogP contribution in [0, 0.1) is 5.41 Å². The Kier molecular flexibility index (Phi) is 13.5. The lowest BCUT2D eigenvalue weighted by Crippen LogP contribution is -2.18. The van der Waals surface area contributed by atoms with E-state index >= 15 is 0 Å². The van der Waals surface area contributed by atoms with Crippen molar-refractivity contribution in [3.63, 3.8) is 0 Å². The highest BCUT2D eigenvalue weighted by molar-refractivity contribution is 7.99. The van der Waals surface area contributed by atoms with Gasteiger partial charge in [-0.2, -0.15) is 28.6 Å². The Morgan fingerprint density at radius 1 is 0.941 bits per heavy atom. The lowest BCUT2D eigenvalue weighted by Gasteiger charge is -2.24.